The molecule has 0 saturated carbocycles. The number of rotatable bonds is 3. The summed E-state index contributed by atoms with van der Waals surface area (Å²) in [5, 5.41) is 15.0. The van der Waals surface area contributed by atoms with Crippen LogP contribution in [0.3, 0.4) is 0 Å². The Hall–Kier alpha value is -1.59. The predicted molar refractivity (Wildman–Crippen MR) is 68.0 cm³/mol. The highest BCUT2D eigenvalue weighted by molar-refractivity contribution is 6.33. The highest BCUT2D eigenvalue weighted by Crippen LogP contribution is 2.24. The molecule has 96 valence electrons. The van der Waals surface area contributed by atoms with Crippen LogP contribution < -0.4 is 10.6 Å². The Morgan fingerprint density at radius 1 is 1.44 bits per heavy atom. The smallest absolute Gasteiger partial charge is 0.335 e. The molecule has 0 aliphatic carbocycles. The zero-order valence-corrected chi connectivity index (χ0v) is 10.3. The molecule has 1 fully saturated rings. The van der Waals surface area contributed by atoms with E-state index in [9.17, 15) is 9.59 Å². The molecule has 1 aromatic carbocycles. The van der Waals surface area contributed by atoms with E-state index in [2.05, 4.69) is 10.6 Å². The summed E-state index contributed by atoms with van der Waals surface area (Å²) in [6, 6.07) is 4.23. The highest BCUT2D eigenvalue weighted by Gasteiger charge is 2.23. The number of anilines is 1. The molecule has 5 nitrogen and oxygen atoms in total. The number of carbonyl (C=O) groups is 2. The number of carbonyl (C=O) groups excluding carboxylic acids is 1. The first kappa shape index (κ1) is 12.9. The Labute approximate surface area is 109 Å². The third-order valence-corrected chi connectivity index (χ3v) is 3.23. The van der Waals surface area contributed by atoms with E-state index in [1.807, 2.05) is 0 Å². The summed E-state index contributed by atoms with van der Waals surface area (Å²) < 4.78 is 0. The summed E-state index contributed by atoms with van der Waals surface area (Å²) in [6.45, 7) is 1.46. The maximum atomic E-state index is 11.9. The largest absolute Gasteiger partial charge is 0.478 e. The minimum atomic E-state index is -1.05. The molecular weight excluding hydrogens is 256 g/mol. The molecule has 0 aromatic heterocycles. The van der Waals surface area contributed by atoms with Crippen molar-refractivity contribution in [2.24, 2.45) is 5.92 Å². The average molecular weight is 269 g/mol. The SMILES string of the molecule is O=C(O)c1ccc(Cl)c(NC(=O)C2CCNC2)c1. The number of carboxylic acid groups (broad SMARTS) is 1. The maximum absolute atomic E-state index is 11.9. The van der Waals surface area contributed by atoms with Crippen LogP contribution >= 0.6 is 11.6 Å². The summed E-state index contributed by atoms with van der Waals surface area (Å²) in [5.41, 5.74) is 0.438. The van der Waals surface area contributed by atoms with E-state index in [0.717, 1.165) is 13.0 Å². The van der Waals surface area contributed by atoms with E-state index < -0.39 is 5.97 Å². The number of amides is 1. The zero-order valence-electron chi connectivity index (χ0n) is 9.57. The van der Waals surface area contributed by atoms with Crippen LogP contribution in [0.2, 0.25) is 5.02 Å². The van der Waals surface area contributed by atoms with Gasteiger partial charge in [0.25, 0.3) is 0 Å². The molecule has 1 aliphatic rings. The minimum Gasteiger partial charge on any atom is -0.478 e. The molecule has 0 radical (unpaired) electrons. The van der Waals surface area contributed by atoms with Gasteiger partial charge in [0.05, 0.1) is 22.2 Å². The Morgan fingerprint density at radius 2 is 2.22 bits per heavy atom. The van der Waals surface area contributed by atoms with Crippen LogP contribution in [0.15, 0.2) is 18.2 Å². The van der Waals surface area contributed by atoms with Crippen molar-refractivity contribution in [2.75, 3.05) is 18.4 Å². The van der Waals surface area contributed by atoms with Crippen LogP contribution in [0.5, 0.6) is 0 Å². The maximum Gasteiger partial charge on any atom is 0.335 e. The number of benzene rings is 1. The first-order valence-electron chi connectivity index (χ1n) is 5.62. The average Bonchev–Trinajstić information content (AvgIpc) is 2.85. The monoisotopic (exact) mass is 268 g/mol. The predicted octanol–water partition coefficient (Wildman–Crippen LogP) is 1.59. The van der Waals surface area contributed by atoms with Gasteiger partial charge in [-0.3, -0.25) is 4.79 Å². The summed E-state index contributed by atoms with van der Waals surface area (Å²) >= 11 is 5.93. The fourth-order valence-corrected chi connectivity index (χ4v) is 2.03. The number of hydrogen-bond acceptors (Lipinski definition) is 3. The molecule has 1 heterocycles. The Balaban J connectivity index is 2.14. The van der Waals surface area contributed by atoms with E-state index in [4.69, 9.17) is 16.7 Å². The molecule has 0 bridgehead atoms. The van der Waals surface area contributed by atoms with Crippen LogP contribution in [0.4, 0.5) is 5.69 Å². The van der Waals surface area contributed by atoms with Crippen LogP contribution in [0.25, 0.3) is 0 Å². The van der Waals surface area contributed by atoms with Crippen molar-refractivity contribution in [1.29, 1.82) is 0 Å². The summed E-state index contributed by atoms with van der Waals surface area (Å²) in [7, 11) is 0. The van der Waals surface area contributed by atoms with Gasteiger partial charge >= 0.3 is 5.97 Å². The molecule has 1 saturated heterocycles. The van der Waals surface area contributed by atoms with Gasteiger partial charge in [-0.2, -0.15) is 0 Å². The summed E-state index contributed by atoms with van der Waals surface area (Å²) in [6.07, 6.45) is 0.780. The molecule has 1 unspecified atom stereocenters. The Kier molecular flexibility index (Phi) is 3.84. The first-order valence-corrected chi connectivity index (χ1v) is 6.00. The van der Waals surface area contributed by atoms with Crippen molar-refractivity contribution >= 4 is 29.2 Å². The van der Waals surface area contributed by atoms with Gasteiger partial charge in [0.1, 0.15) is 0 Å². The van der Waals surface area contributed by atoms with E-state index in [0.29, 0.717) is 17.3 Å². The molecule has 18 heavy (non-hydrogen) atoms. The lowest BCUT2D eigenvalue weighted by molar-refractivity contribution is -0.119. The number of halogens is 1. The fourth-order valence-electron chi connectivity index (χ4n) is 1.87. The van der Waals surface area contributed by atoms with Gasteiger partial charge in [0.15, 0.2) is 0 Å². The van der Waals surface area contributed by atoms with Crippen molar-refractivity contribution in [3.05, 3.63) is 28.8 Å². The summed E-state index contributed by atoms with van der Waals surface area (Å²) in [5.74, 6) is -1.27. The third kappa shape index (κ3) is 2.80. The third-order valence-electron chi connectivity index (χ3n) is 2.90. The minimum absolute atomic E-state index is 0.0884. The van der Waals surface area contributed by atoms with E-state index >= 15 is 0 Å². The quantitative estimate of drug-likeness (QED) is 0.778. The van der Waals surface area contributed by atoms with E-state index in [1.165, 1.54) is 18.2 Å². The van der Waals surface area contributed by atoms with Gasteiger partial charge in [0.2, 0.25) is 5.91 Å². The first-order chi connectivity index (χ1) is 8.58. The van der Waals surface area contributed by atoms with Crippen LogP contribution in [-0.2, 0) is 4.79 Å². The van der Waals surface area contributed by atoms with E-state index in [-0.39, 0.29) is 17.4 Å². The lowest BCUT2D eigenvalue weighted by Gasteiger charge is -2.11. The number of nitrogens with one attached hydrogen (secondary N) is 2. The number of hydrogen-bond donors (Lipinski definition) is 3. The molecule has 3 N–H and O–H groups in total. The van der Waals surface area contributed by atoms with Crippen molar-refractivity contribution in [3.63, 3.8) is 0 Å². The molecule has 1 aliphatic heterocycles. The topological polar surface area (TPSA) is 78.4 Å². The molecule has 2 rings (SSSR count). The van der Waals surface area contributed by atoms with Gasteiger partial charge in [-0.15, -0.1) is 0 Å². The molecule has 0 spiro atoms. The molecule has 1 atom stereocenters. The van der Waals surface area contributed by atoms with Gasteiger partial charge < -0.3 is 15.7 Å². The van der Waals surface area contributed by atoms with Crippen molar-refractivity contribution < 1.29 is 14.7 Å². The van der Waals surface area contributed by atoms with Gasteiger partial charge in [-0.1, -0.05) is 11.6 Å². The van der Waals surface area contributed by atoms with E-state index in [1.54, 1.807) is 0 Å². The van der Waals surface area contributed by atoms with Crippen molar-refractivity contribution in [3.8, 4) is 0 Å². The lowest BCUT2D eigenvalue weighted by Crippen LogP contribution is -2.24. The second kappa shape index (κ2) is 5.37. The van der Waals surface area contributed by atoms with Crippen LogP contribution in [0, 0.1) is 5.92 Å². The lowest BCUT2D eigenvalue weighted by atomic mass is 10.1. The summed E-state index contributed by atoms with van der Waals surface area (Å²) in [4.78, 5) is 22.7. The van der Waals surface area contributed by atoms with Crippen LogP contribution in [-0.4, -0.2) is 30.1 Å². The van der Waals surface area contributed by atoms with Gasteiger partial charge in [0, 0.05) is 6.54 Å². The molecular formula is C12H13ClN2O3. The zero-order chi connectivity index (χ0) is 13.1. The van der Waals surface area contributed by atoms with Gasteiger partial charge in [-0.05, 0) is 31.2 Å². The highest BCUT2D eigenvalue weighted by atomic mass is 35.5. The number of carboxylic acids is 1. The Morgan fingerprint density at radius 3 is 2.83 bits per heavy atom. The van der Waals surface area contributed by atoms with Crippen molar-refractivity contribution in [2.45, 2.75) is 6.42 Å². The van der Waals surface area contributed by atoms with Crippen LogP contribution in [0.1, 0.15) is 16.8 Å². The molecule has 1 amide bonds. The Bertz CT molecular complexity index is 484. The second-order valence-electron chi connectivity index (χ2n) is 4.18. The second-order valence-corrected chi connectivity index (χ2v) is 4.59. The molecule has 1 aromatic rings. The fraction of sp³-hybridized carbons (Fsp3) is 0.333. The van der Waals surface area contributed by atoms with Crippen molar-refractivity contribution in [1.82, 2.24) is 5.32 Å². The molecule has 6 heteroatoms. The normalized spacial score (nSPS) is 18.6. The number of aromatic carboxylic acids is 1. The standard InChI is InChI=1S/C12H13ClN2O3/c13-9-2-1-7(12(17)18)5-10(9)15-11(16)8-3-4-14-6-8/h1-2,5,8,14H,3-4,6H2,(H,15,16)(H,17,18). The van der Waals surface area contributed by atoms with Gasteiger partial charge in [-0.25, -0.2) is 4.79 Å².